The lowest BCUT2D eigenvalue weighted by atomic mass is 10.1. The van der Waals surface area contributed by atoms with Gasteiger partial charge < -0.3 is 18.1 Å². The quantitative estimate of drug-likeness (QED) is 0.335. The van der Waals surface area contributed by atoms with E-state index in [-0.39, 0.29) is 18.1 Å². The Morgan fingerprint density at radius 2 is 1.08 bits per heavy atom. The molecule has 142 valence electrons. The molecule has 0 aromatic heterocycles. The van der Waals surface area contributed by atoms with E-state index in [1.807, 2.05) is 38.1 Å². The van der Waals surface area contributed by atoms with Crippen LogP contribution in [0.4, 0.5) is 0 Å². The van der Waals surface area contributed by atoms with Gasteiger partial charge in [0.2, 0.25) is 18.1 Å². The second-order valence-corrected chi connectivity index (χ2v) is 7.63. The maximum absolute atomic E-state index is 5.66. The SMILES string of the molecule is Cc1ccc(OPOCCCCOPOc2ccc(C)cc2C)c(C)c1. The summed E-state index contributed by atoms with van der Waals surface area (Å²) in [5, 5.41) is 0. The van der Waals surface area contributed by atoms with Gasteiger partial charge in [-0.25, -0.2) is 0 Å². The number of hydrogen-bond donors (Lipinski definition) is 0. The van der Waals surface area contributed by atoms with Gasteiger partial charge in [0.1, 0.15) is 11.5 Å². The van der Waals surface area contributed by atoms with Crippen LogP contribution in [-0.4, -0.2) is 13.2 Å². The second kappa shape index (κ2) is 11.5. The number of rotatable bonds is 11. The Kier molecular flexibility index (Phi) is 9.36. The van der Waals surface area contributed by atoms with Crippen LogP contribution in [-0.2, 0) is 9.05 Å². The van der Waals surface area contributed by atoms with Crippen molar-refractivity contribution < 1.29 is 18.1 Å². The minimum absolute atomic E-state index is 0.0298. The van der Waals surface area contributed by atoms with E-state index in [4.69, 9.17) is 18.1 Å². The monoisotopic (exact) mass is 394 g/mol. The maximum Gasteiger partial charge on any atom is 0.215 e. The van der Waals surface area contributed by atoms with Gasteiger partial charge in [0.15, 0.2) is 0 Å². The first-order chi connectivity index (χ1) is 12.6. The van der Waals surface area contributed by atoms with E-state index in [2.05, 4.69) is 26.0 Å². The molecule has 2 aromatic rings. The van der Waals surface area contributed by atoms with Gasteiger partial charge in [-0.05, 0) is 63.8 Å². The van der Waals surface area contributed by atoms with Crippen molar-refractivity contribution in [2.45, 2.75) is 40.5 Å². The maximum atomic E-state index is 5.66. The highest BCUT2D eigenvalue weighted by atomic mass is 31.1. The second-order valence-electron chi connectivity index (χ2n) is 6.31. The molecule has 0 aliphatic heterocycles. The molecule has 0 saturated carbocycles. The molecular weight excluding hydrogens is 366 g/mol. The molecular formula is C20H28O4P2. The highest BCUT2D eigenvalue weighted by molar-refractivity contribution is 7.26. The summed E-state index contributed by atoms with van der Waals surface area (Å²) in [6, 6.07) is 12.3. The summed E-state index contributed by atoms with van der Waals surface area (Å²) in [4.78, 5) is 0. The Hall–Kier alpha value is -1.18. The van der Waals surface area contributed by atoms with Gasteiger partial charge >= 0.3 is 0 Å². The van der Waals surface area contributed by atoms with E-state index in [9.17, 15) is 0 Å². The number of hydrogen-bond acceptors (Lipinski definition) is 4. The molecule has 2 atom stereocenters. The van der Waals surface area contributed by atoms with E-state index in [1.165, 1.54) is 11.1 Å². The van der Waals surface area contributed by atoms with Crippen molar-refractivity contribution in [1.29, 1.82) is 0 Å². The van der Waals surface area contributed by atoms with Gasteiger partial charge in [0.05, 0.1) is 13.2 Å². The predicted octanol–water partition coefficient (Wildman–Crippen LogP) is 6.21. The third kappa shape index (κ3) is 7.60. The van der Waals surface area contributed by atoms with Crippen LogP contribution in [0.25, 0.3) is 0 Å². The largest absolute Gasteiger partial charge is 0.449 e. The van der Waals surface area contributed by atoms with Crippen LogP contribution in [0.5, 0.6) is 11.5 Å². The number of benzene rings is 2. The highest BCUT2D eigenvalue weighted by Crippen LogP contribution is 2.27. The summed E-state index contributed by atoms with van der Waals surface area (Å²) in [5.74, 6) is 1.78. The molecule has 0 bridgehead atoms. The molecule has 0 N–H and O–H groups in total. The fourth-order valence-corrected chi connectivity index (χ4v) is 3.62. The van der Waals surface area contributed by atoms with Gasteiger partial charge in [-0.3, -0.25) is 0 Å². The van der Waals surface area contributed by atoms with Crippen molar-refractivity contribution in [1.82, 2.24) is 0 Å². The standard InChI is InChI=1S/C20H28O4P2/c1-15-7-9-19(17(3)13-15)23-25-21-11-5-6-12-22-26-24-20-10-8-16(2)14-18(20)4/h7-10,13-14,25-26H,5-6,11-12H2,1-4H3. The first-order valence-electron chi connectivity index (χ1n) is 8.78. The zero-order chi connectivity index (χ0) is 18.8. The molecule has 0 saturated heterocycles. The average molecular weight is 394 g/mol. The molecule has 0 heterocycles. The van der Waals surface area contributed by atoms with E-state index < -0.39 is 0 Å². The van der Waals surface area contributed by atoms with E-state index >= 15 is 0 Å². The van der Waals surface area contributed by atoms with Crippen molar-refractivity contribution in [3.05, 3.63) is 58.7 Å². The lowest BCUT2D eigenvalue weighted by Gasteiger charge is -2.10. The van der Waals surface area contributed by atoms with Gasteiger partial charge in [0, 0.05) is 0 Å². The average Bonchev–Trinajstić information content (AvgIpc) is 2.59. The van der Waals surface area contributed by atoms with Gasteiger partial charge in [-0.15, -0.1) is 0 Å². The van der Waals surface area contributed by atoms with Crippen molar-refractivity contribution in [3.8, 4) is 11.5 Å². The third-order valence-electron chi connectivity index (χ3n) is 3.82. The smallest absolute Gasteiger partial charge is 0.215 e. The summed E-state index contributed by atoms with van der Waals surface area (Å²) in [6.07, 6.45) is 1.88. The zero-order valence-corrected chi connectivity index (χ0v) is 17.9. The van der Waals surface area contributed by atoms with Crippen LogP contribution < -0.4 is 9.05 Å². The van der Waals surface area contributed by atoms with Crippen molar-refractivity contribution in [2.75, 3.05) is 13.2 Å². The molecule has 0 amide bonds. The van der Waals surface area contributed by atoms with Crippen molar-refractivity contribution in [3.63, 3.8) is 0 Å². The van der Waals surface area contributed by atoms with Gasteiger partial charge in [-0.2, -0.15) is 0 Å². The fraction of sp³-hybridized carbons (Fsp3) is 0.400. The molecule has 6 heteroatoms. The van der Waals surface area contributed by atoms with Crippen LogP contribution in [0.1, 0.15) is 35.1 Å². The summed E-state index contributed by atoms with van der Waals surface area (Å²) < 4.78 is 22.4. The minimum Gasteiger partial charge on any atom is -0.449 e. The Bertz CT molecular complexity index is 632. The first kappa shape index (κ1) is 21.1. The predicted molar refractivity (Wildman–Crippen MR) is 111 cm³/mol. The van der Waals surface area contributed by atoms with Gasteiger partial charge in [0.25, 0.3) is 0 Å². The fourth-order valence-electron chi connectivity index (χ4n) is 2.41. The van der Waals surface area contributed by atoms with E-state index in [1.54, 1.807) is 0 Å². The summed E-state index contributed by atoms with van der Waals surface area (Å²) >= 11 is 0. The molecule has 2 rings (SSSR count). The molecule has 2 unspecified atom stereocenters. The Balaban J connectivity index is 1.47. The molecule has 4 nitrogen and oxygen atoms in total. The number of aryl methyl sites for hydroxylation is 4. The van der Waals surface area contributed by atoms with Crippen LogP contribution in [0.15, 0.2) is 36.4 Å². The topological polar surface area (TPSA) is 36.9 Å². The summed E-state index contributed by atoms with van der Waals surface area (Å²) in [6.45, 7) is 9.59. The molecule has 26 heavy (non-hydrogen) atoms. The van der Waals surface area contributed by atoms with Crippen LogP contribution in [0.2, 0.25) is 0 Å². The van der Waals surface area contributed by atoms with Gasteiger partial charge in [-0.1, -0.05) is 35.4 Å². The van der Waals surface area contributed by atoms with Crippen molar-refractivity contribution in [2.24, 2.45) is 0 Å². The lowest BCUT2D eigenvalue weighted by molar-refractivity contribution is 0.279. The Morgan fingerprint density at radius 1 is 0.654 bits per heavy atom. The van der Waals surface area contributed by atoms with E-state index in [0.29, 0.717) is 13.2 Å². The Labute approximate surface area is 160 Å². The van der Waals surface area contributed by atoms with Crippen LogP contribution in [0, 0.1) is 27.7 Å². The lowest BCUT2D eigenvalue weighted by Crippen LogP contribution is -1.94. The third-order valence-corrected chi connectivity index (χ3v) is 5.08. The molecule has 0 aliphatic carbocycles. The van der Waals surface area contributed by atoms with Crippen LogP contribution in [0.3, 0.4) is 0 Å². The first-order valence-corrected chi connectivity index (χ1v) is 10.4. The Morgan fingerprint density at radius 3 is 1.46 bits per heavy atom. The minimum atomic E-state index is 0.0298. The molecule has 0 radical (unpaired) electrons. The zero-order valence-electron chi connectivity index (χ0n) is 15.9. The summed E-state index contributed by atoms with van der Waals surface area (Å²) in [7, 11) is 0.0596. The molecule has 0 fully saturated rings. The van der Waals surface area contributed by atoms with E-state index in [0.717, 1.165) is 35.5 Å². The van der Waals surface area contributed by atoms with Crippen LogP contribution >= 0.6 is 18.1 Å². The molecule has 2 aromatic carbocycles. The normalized spacial score (nSPS) is 11.7. The molecule has 0 spiro atoms. The summed E-state index contributed by atoms with van der Waals surface area (Å²) in [5.41, 5.74) is 4.75. The van der Waals surface area contributed by atoms with Crippen molar-refractivity contribution >= 4 is 18.1 Å². The number of unbranched alkanes of at least 4 members (excludes halogenated alkanes) is 1. The molecule has 0 aliphatic rings. The highest BCUT2D eigenvalue weighted by Gasteiger charge is 2.01.